The van der Waals surface area contributed by atoms with E-state index in [-0.39, 0.29) is 12.6 Å². The monoisotopic (exact) mass is 174 g/mol. The summed E-state index contributed by atoms with van der Waals surface area (Å²) in [5.41, 5.74) is 5.72. The van der Waals surface area contributed by atoms with Gasteiger partial charge in [0.15, 0.2) is 5.60 Å². The average Bonchev–Trinajstić information content (AvgIpc) is 2.95. The summed E-state index contributed by atoms with van der Waals surface area (Å²) in [6.07, 6.45) is -0.135. The summed E-state index contributed by atoms with van der Waals surface area (Å²) < 4.78 is 5.30. The van der Waals surface area contributed by atoms with Gasteiger partial charge in [-0.1, -0.05) is 30.3 Å². The van der Waals surface area contributed by atoms with Gasteiger partial charge in [-0.25, -0.2) is 0 Å². The van der Waals surface area contributed by atoms with Gasteiger partial charge in [-0.05, 0) is 5.56 Å². The van der Waals surface area contributed by atoms with E-state index in [1.807, 2.05) is 30.3 Å². The Hall–Kier alpha value is -1.37. The van der Waals surface area contributed by atoms with E-state index < -0.39 is 5.60 Å². The molecule has 1 aromatic rings. The smallest absolute Gasteiger partial charge is 0.197 e. The molecule has 0 aromatic heterocycles. The molecule has 0 bridgehead atoms. The first-order chi connectivity index (χ1) is 6.32. The van der Waals surface area contributed by atoms with Crippen LogP contribution in [0.3, 0.4) is 0 Å². The number of rotatable bonds is 2. The molecule has 0 aliphatic carbocycles. The molecule has 2 unspecified atom stereocenters. The molecule has 13 heavy (non-hydrogen) atoms. The van der Waals surface area contributed by atoms with Crippen LogP contribution in [0.1, 0.15) is 11.7 Å². The van der Waals surface area contributed by atoms with Crippen LogP contribution in [0.25, 0.3) is 0 Å². The Bertz CT molecular complexity index is 344. The van der Waals surface area contributed by atoms with E-state index >= 15 is 0 Å². The van der Waals surface area contributed by atoms with Crippen molar-refractivity contribution in [2.75, 3.05) is 6.54 Å². The molecule has 2 rings (SSSR count). The molecule has 0 amide bonds. The summed E-state index contributed by atoms with van der Waals surface area (Å²) in [6.45, 7) is 0.253. The summed E-state index contributed by atoms with van der Waals surface area (Å²) in [5.74, 6) is 0. The summed E-state index contributed by atoms with van der Waals surface area (Å²) in [4.78, 5) is 0. The third kappa shape index (κ3) is 1.21. The largest absolute Gasteiger partial charge is 0.343 e. The second-order valence-electron chi connectivity index (χ2n) is 3.11. The molecule has 1 aliphatic heterocycles. The molecule has 1 fully saturated rings. The van der Waals surface area contributed by atoms with Gasteiger partial charge in [0.1, 0.15) is 12.2 Å². The van der Waals surface area contributed by atoms with Crippen LogP contribution in [0, 0.1) is 11.3 Å². The van der Waals surface area contributed by atoms with E-state index in [1.165, 1.54) is 0 Å². The minimum Gasteiger partial charge on any atom is -0.343 e. The Morgan fingerprint density at radius 1 is 1.46 bits per heavy atom. The summed E-state index contributed by atoms with van der Waals surface area (Å²) >= 11 is 0. The SMILES string of the molecule is N#CC1(CN)OC1c1ccccc1. The van der Waals surface area contributed by atoms with Crippen LogP contribution in [0.15, 0.2) is 30.3 Å². The zero-order valence-electron chi connectivity index (χ0n) is 7.10. The highest BCUT2D eigenvalue weighted by molar-refractivity contribution is 5.32. The Morgan fingerprint density at radius 2 is 2.15 bits per heavy atom. The predicted molar refractivity (Wildman–Crippen MR) is 47.7 cm³/mol. The molecule has 1 saturated heterocycles. The Balaban J connectivity index is 2.21. The lowest BCUT2D eigenvalue weighted by molar-refractivity contribution is 0.340. The molecular formula is C10H10N2O. The van der Waals surface area contributed by atoms with Crippen molar-refractivity contribution in [1.29, 1.82) is 5.26 Å². The number of ether oxygens (including phenoxy) is 1. The standard InChI is InChI=1S/C10H10N2O/c11-6-10(7-12)9(13-10)8-4-2-1-3-5-8/h1-5,9H,6,11H2. The normalized spacial score (nSPS) is 30.9. The van der Waals surface area contributed by atoms with Crippen molar-refractivity contribution in [1.82, 2.24) is 0 Å². The molecule has 66 valence electrons. The molecule has 3 heteroatoms. The molecule has 3 nitrogen and oxygen atoms in total. The van der Waals surface area contributed by atoms with Gasteiger partial charge in [-0.3, -0.25) is 0 Å². The van der Waals surface area contributed by atoms with Crippen molar-refractivity contribution in [3.05, 3.63) is 35.9 Å². The highest BCUT2D eigenvalue weighted by Gasteiger charge is 2.57. The maximum Gasteiger partial charge on any atom is 0.197 e. The molecule has 1 aromatic carbocycles. The fraction of sp³-hybridized carbons (Fsp3) is 0.300. The fourth-order valence-corrected chi connectivity index (χ4v) is 1.43. The van der Waals surface area contributed by atoms with Crippen LogP contribution in [0.2, 0.25) is 0 Å². The Kier molecular flexibility index (Phi) is 1.80. The second kappa shape index (κ2) is 2.84. The van der Waals surface area contributed by atoms with Crippen molar-refractivity contribution >= 4 is 0 Å². The number of nitriles is 1. The van der Waals surface area contributed by atoms with Gasteiger partial charge in [-0.15, -0.1) is 0 Å². The first kappa shape index (κ1) is 8.24. The van der Waals surface area contributed by atoms with Crippen molar-refractivity contribution in [2.24, 2.45) is 5.73 Å². The van der Waals surface area contributed by atoms with E-state index in [0.717, 1.165) is 5.56 Å². The molecule has 1 heterocycles. The van der Waals surface area contributed by atoms with Gasteiger partial charge >= 0.3 is 0 Å². The van der Waals surface area contributed by atoms with Crippen molar-refractivity contribution < 1.29 is 4.74 Å². The van der Waals surface area contributed by atoms with Crippen molar-refractivity contribution in [3.8, 4) is 6.07 Å². The third-order valence-electron chi connectivity index (χ3n) is 2.29. The molecule has 1 aliphatic rings. The number of nitrogens with zero attached hydrogens (tertiary/aromatic N) is 1. The highest BCUT2D eigenvalue weighted by Crippen LogP contribution is 2.48. The van der Waals surface area contributed by atoms with Crippen LogP contribution in [-0.2, 0) is 4.74 Å². The number of benzene rings is 1. The van der Waals surface area contributed by atoms with E-state index in [1.54, 1.807) is 0 Å². The van der Waals surface area contributed by atoms with Crippen LogP contribution < -0.4 is 5.73 Å². The topological polar surface area (TPSA) is 62.3 Å². The summed E-state index contributed by atoms with van der Waals surface area (Å²) in [7, 11) is 0. The minimum atomic E-state index is -0.763. The molecule has 0 saturated carbocycles. The van der Waals surface area contributed by atoms with E-state index in [0.29, 0.717) is 0 Å². The lowest BCUT2D eigenvalue weighted by Crippen LogP contribution is -2.22. The van der Waals surface area contributed by atoms with Crippen molar-refractivity contribution in [2.45, 2.75) is 11.7 Å². The first-order valence-electron chi connectivity index (χ1n) is 4.16. The highest BCUT2D eigenvalue weighted by atomic mass is 16.6. The van der Waals surface area contributed by atoms with Crippen LogP contribution >= 0.6 is 0 Å². The maximum absolute atomic E-state index is 8.83. The van der Waals surface area contributed by atoms with E-state index in [4.69, 9.17) is 15.7 Å². The van der Waals surface area contributed by atoms with Gasteiger partial charge in [0.2, 0.25) is 0 Å². The molecule has 0 radical (unpaired) electrons. The van der Waals surface area contributed by atoms with Gasteiger partial charge in [-0.2, -0.15) is 5.26 Å². The molecule has 2 N–H and O–H groups in total. The Morgan fingerprint density at radius 3 is 2.62 bits per heavy atom. The predicted octanol–water partition coefficient (Wildman–Crippen LogP) is 0.979. The lowest BCUT2D eigenvalue weighted by atomic mass is 10.0. The Labute approximate surface area is 76.7 Å². The summed E-state index contributed by atoms with van der Waals surface area (Å²) in [6, 6.07) is 11.8. The number of epoxide rings is 1. The zero-order chi connectivity index (χ0) is 9.31. The third-order valence-corrected chi connectivity index (χ3v) is 2.29. The number of hydrogen-bond acceptors (Lipinski definition) is 3. The minimum absolute atomic E-state index is 0.135. The van der Waals surface area contributed by atoms with Gasteiger partial charge in [0.05, 0.1) is 0 Å². The number of hydrogen-bond donors (Lipinski definition) is 1. The van der Waals surface area contributed by atoms with Gasteiger partial charge < -0.3 is 10.5 Å². The zero-order valence-corrected chi connectivity index (χ0v) is 7.10. The summed E-state index contributed by atoms with van der Waals surface area (Å²) in [5, 5.41) is 8.83. The quantitative estimate of drug-likeness (QED) is 0.680. The van der Waals surface area contributed by atoms with Crippen LogP contribution in [0.5, 0.6) is 0 Å². The van der Waals surface area contributed by atoms with Gasteiger partial charge in [0.25, 0.3) is 0 Å². The fourth-order valence-electron chi connectivity index (χ4n) is 1.43. The van der Waals surface area contributed by atoms with E-state index in [9.17, 15) is 0 Å². The lowest BCUT2D eigenvalue weighted by Gasteiger charge is -1.97. The first-order valence-corrected chi connectivity index (χ1v) is 4.16. The van der Waals surface area contributed by atoms with Crippen LogP contribution in [-0.4, -0.2) is 12.1 Å². The average molecular weight is 174 g/mol. The van der Waals surface area contributed by atoms with E-state index in [2.05, 4.69) is 6.07 Å². The van der Waals surface area contributed by atoms with Crippen molar-refractivity contribution in [3.63, 3.8) is 0 Å². The molecule has 2 atom stereocenters. The van der Waals surface area contributed by atoms with Gasteiger partial charge in [0, 0.05) is 6.54 Å². The maximum atomic E-state index is 8.83. The molecular weight excluding hydrogens is 164 g/mol. The second-order valence-corrected chi connectivity index (χ2v) is 3.11. The van der Waals surface area contributed by atoms with Crippen LogP contribution in [0.4, 0.5) is 0 Å². The number of nitrogens with two attached hydrogens (primary N) is 1. The molecule has 0 spiro atoms.